The van der Waals surface area contributed by atoms with Gasteiger partial charge in [0.1, 0.15) is 0 Å². The molecular formula is C52H38N4O. The SMILES string of the molecule is Cc1cn(-c2ccccc2)c(=O)c2ccc(-n3c4ccc(N(c5ccccc5)c5ccccc5)cc4c4cc(N(c5ccccc5)c5ccccc5)ccc43)cc12. The molecule has 8 aromatic carbocycles. The van der Waals surface area contributed by atoms with E-state index < -0.39 is 0 Å². The summed E-state index contributed by atoms with van der Waals surface area (Å²) < 4.78 is 4.09. The van der Waals surface area contributed by atoms with Crippen molar-refractivity contribution in [3.05, 3.63) is 228 Å². The molecule has 0 atom stereocenters. The Morgan fingerprint density at radius 2 is 0.789 bits per heavy atom. The van der Waals surface area contributed by atoms with Gasteiger partial charge in [-0.05, 0) is 133 Å². The number of hydrogen-bond donors (Lipinski definition) is 0. The molecule has 0 unspecified atom stereocenters. The maximum Gasteiger partial charge on any atom is 0.262 e. The lowest BCUT2D eigenvalue weighted by Gasteiger charge is -2.26. The molecule has 2 heterocycles. The fraction of sp³-hybridized carbons (Fsp3) is 0.0192. The van der Waals surface area contributed by atoms with Crippen LogP contribution in [0.25, 0.3) is 44.0 Å². The van der Waals surface area contributed by atoms with Crippen LogP contribution in [0.4, 0.5) is 34.1 Å². The van der Waals surface area contributed by atoms with Gasteiger partial charge in [-0.3, -0.25) is 9.36 Å². The first-order valence-corrected chi connectivity index (χ1v) is 19.2. The number of hydrogen-bond acceptors (Lipinski definition) is 3. The third-order valence-corrected chi connectivity index (χ3v) is 10.8. The summed E-state index contributed by atoms with van der Waals surface area (Å²) >= 11 is 0. The van der Waals surface area contributed by atoms with Crippen molar-refractivity contribution in [3.63, 3.8) is 0 Å². The maximum atomic E-state index is 13.9. The van der Waals surface area contributed by atoms with Crippen LogP contribution in [0, 0.1) is 6.92 Å². The predicted octanol–water partition coefficient (Wildman–Crippen LogP) is 13.3. The van der Waals surface area contributed by atoms with Crippen LogP contribution in [0.15, 0.2) is 217 Å². The predicted molar refractivity (Wildman–Crippen MR) is 238 cm³/mol. The molecular weight excluding hydrogens is 697 g/mol. The second-order valence-electron chi connectivity index (χ2n) is 14.3. The second-order valence-corrected chi connectivity index (χ2v) is 14.3. The van der Waals surface area contributed by atoms with Crippen LogP contribution in [0.5, 0.6) is 0 Å². The average molecular weight is 735 g/mol. The Morgan fingerprint density at radius 3 is 1.23 bits per heavy atom. The highest BCUT2D eigenvalue weighted by atomic mass is 16.1. The van der Waals surface area contributed by atoms with Crippen LogP contribution in [0.3, 0.4) is 0 Å². The lowest BCUT2D eigenvalue weighted by atomic mass is 10.1. The van der Waals surface area contributed by atoms with Gasteiger partial charge < -0.3 is 14.4 Å². The van der Waals surface area contributed by atoms with E-state index in [4.69, 9.17) is 0 Å². The first-order chi connectivity index (χ1) is 28.1. The van der Waals surface area contributed by atoms with Crippen LogP contribution in [-0.4, -0.2) is 9.13 Å². The summed E-state index contributed by atoms with van der Waals surface area (Å²) in [6.45, 7) is 2.08. The molecule has 57 heavy (non-hydrogen) atoms. The molecule has 0 amide bonds. The lowest BCUT2D eigenvalue weighted by molar-refractivity contribution is 0.996. The lowest BCUT2D eigenvalue weighted by Crippen LogP contribution is -2.18. The van der Waals surface area contributed by atoms with Crippen molar-refractivity contribution in [2.75, 3.05) is 9.80 Å². The Kier molecular flexibility index (Phi) is 8.46. The third kappa shape index (κ3) is 6.03. The summed E-state index contributed by atoms with van der Waals surface area (Å²) in [5.74, 6) is 0. The zero-order valence-electron chi connectivity index (χ0n) is 31.4. The Balaban J connectivity index is 1.22. The number of fused-ring (bicyclic) bond motifs is 4. The summed E-state index contributed by atoms with van der Waals surface area (Å²) in [5, 5.41) is 3.87. The minimum atomic E-state index is -0.0336. The number of nitrogens with zero attached hydrogens (tertiary/aromatic N) is 4. The Labute approximate surface area is 331 Å². The fourth-order valence-electron chi connectivity index (χ4n) is 8.17. The third-order valence-electron chi connectivity index (χ3n) is 10.8. The summed E-state index contributed by atoms with van der Waals surface area (Å²) in [5.41, 5.74) is 11.4. The van der Waals surface area contributed by atoms with E-state index in [0.717, 1.165) is 78.3 Å². The molecule has 10 rings (SSSR count). The van der Waals surface area contributed by atoms with Crippen molar-refractivity contribution in [1.29, 1.82) is 0 Å². The number of aromatic nitrogens is 2. The smallest absolute Gasteiger partial charge is 0.262 e. The largest absolute Gasteiger partial charge is 0.310 e. The summed E-state index contributed by atoms with van der Waals surface area (Å²) in [4.78, 5) is 18.5. The van der Waals surface area contributed by atoms with Crippen molar-refractivity contribution < 1.29 is 0 Å². The molecule has 0 bridgehead atoms. The van der Waals surface area contributed by atoms with Gasteiger partial charge in [0, 0.05) is 67.9 Å². The van der Waals surface area contributed by atoms with Crippen molar-refractivity contribution in [1.82, 2.24) is 9.13 Å². The number of anilines is 6. The zero-order chi connectivity index (χ0) is 38.3. The normalized spacial score (nSPS) is 11.3. The van der Waals surface area contributed by atoms with Gasteiger partial charge in [0.2, 0.25) is 0 Å². The monoisotopic (exact) mass is 734 g/mol. The standard InChI is InChI=1S/C52H38N4O/c1-37-36-53(38-17-7-2-8-18-38)52(57)46-30-27-45(33-47(37)46)56-50-31-28-43(54(39-19-9-3-10-20-39)40-21-11-4-12-22-40)34-48(50)49-35-44(29-32-51(49)56)55(41-23-13-5-14-24-41)42-25-15-6-16-26-42/h2-36H,1H3. The van der Waals surface area contributed by atoms with Crippen LogP contribution in [0.1, 0.15) is 5.56 Å². The topological polar surface area (TPSA) is 33.4 Å². The summed E-state index contributed by atoms with van der Waals surface area (Å²) in [7, 11) is 0. The number of aryl methyl sites for hydroxylation is 1. The van der Waals surface area contributed by atoms with E-state index in [1.807, 2.05) is 42.6 Å². The summed E-state index contributed by atoms with van der Waals surface area (Å²) in [6.07, 6.45) is 1.96. The van der Waals surface area contributed by atoms with Crippen LogP contribution in [0.2, 0.25) is 0 Å². The first kappa shape index (κ1) is 33.9. The van der Waals surface area contributed by atoms with E-state index >= 15 is 0 Å². The van der Waals surface area contributed by atoms with Crippen molar-refractivity contribution >= 4 is 66.7 Å². The highest BCUT2D eigenvalue weighted by Gasteiger charge is 2.20. The number of benzene rings is 8. The van der Waals surface area contributed by atoms with Crippen molar-refractivity contribution in [2.24, 2.45) is 0 Å². The van der Waals surface area contributed by atoms with Crippen LogP contribution >= 0.6 is 0 Å². The Hall–Kier alpha value is -7.63. The van der Waals surface area contributed by atoms with E-state index in [0.29, 0.717) is 5.39 Å². The molecule has 0 N–H and O–H groups in total. The number of pyridine rings is 1. The highest BCUT2D eigenvalue weighted by Crippen LogP contribution is 2.43. The van der Waals surface area contributed by atoms with E-state index in [2.05, 4.69) is 191 Å². The molecule has 0 spiro atoms. The van der Waals surface area contributed by atoms with Gasteiger partial charge in [-0.15, -0.1) is 0 Å². The molecule has 0 aliphatic carbocycles. The van der Waals surface area contributed by atoms with Gasteiger partial charge in [-0.2, -0.15) is 0 Å². The van der Waals surface area contributed by atoms with Crippen molar-refractivity contribution in [3.8, 4) is 11.4 Å². The molecule has 5 heteroatoms. The molecule has 272 valence electrons. The number of rotatable bonds is 8. The van der Waals surface area contributed by atoms with Gasteiger partial charge >= 0.3 is 0 Å². The second kappa shape index (κ2) is 14.2. The quantitative estimate of drug-likeness (QED) is 0.156. The van der Waals surface area contributed by atoms with Gasteiger partial charge in [0.25, 0.3) is 5.56 Å². The van der Waals surface area contributed by atoms with E-state index in [1.54, 1.807) is 4.57 Å². The van der Waals surface area contributed by atoms with Gasteiger partial charge in [0.05, 0.1) is 11.0 Å². The molecule has 0 saturated heterocycles. The molecule has 0 saturated carbocycles. The molecule has 0 radical (unpaired) electrons. The Morgan fingerprint density at radius 1 is 0.368 bits per heavy atom. The minimum Gasteiger partial charge on any atom is -0.310 e. The Bertz CT molecular complexity index is 2870. The highest BCUT2D eigenvalue weighted by molar-refractivity contribution is 6.12. The molecule has 0 aliphatic rings. The van der Waals surface area contributed by atoms with Crippen LogP contribution < -0.4 is 15.4 Å². The van der Waals surface area contributed by atoms with Crippen LogP contribution in [-0.2, 0) is 0 Å². The molecule has 10 aromatic rings. The van der Waals surface area contributed by atoms with E-state index in [1.165, 1.54) is 0 Å². The fourth-order valence-corrected chi connectivity index (χ4v) is 8.17. The molecule has 5 nitrogen and oxygen atoms in total. The first-order valence-electron chi connectivity index (χ1n) is 19.2. The zero-order valence-corrected chi connectivity index (χ0v) is 31.4. The van der Waals surface area contributed by atoms with Crippen molar-refractivity contribution in [2.45, 2.75) is 6.92 Å². The number of para-hydroxylation sites is 5. The average Bonchev–Trinajstić information content (AvgIpc) is 3.60. The van der Waals surface area contributed by atoms with Gasteiger partial charge in [0.15, 0.2) is 0 Å². The molecule has 0 fully saturated rings. The van der Waals surface area contributed by atoms with Gasteiger partial charge in [-0.1, -0.05) is 91.0 Å². The van der Waals surface area contributed by atoms with E-state index in [-0.39, 0.29) is 5.56 Å². The molecule has 0 aliphatic heterocycles. The van der Waals surface area contributed by atoms with E-state index in [9.17, 15) is 4.79 Å². The maximum absolute atomic E-state index is 13.9. The van der Waals surface area contributed by atoms with Gasteiger partial charge in [-0.25, -0.2) is 0 Å². The minimum absolute atomic E-state index is 0.0336. The summed E-state index contributed by atoms with van der Waals surface area (Å²) in [6, 6.07) is 71.7. The molecule has 2 aromatic heterocycles.